The molecule has 106 valence electrons. The molecule has 4 N–H and O–H groups in total. The van der Waals surface area contributed by atoms with E-state index in [1.807, 2.05) is 0 Å². The van der Waals surface area contributed by atoms with Gasteiger partial charge in [0.05, 0.1) is 17.7 Å². The minimum atomic E-state index is -3.70. The molecule has 1 aliphatic heterocycles. The van der Waals surface area contributed by atoms with Crippen LogP contribution in [0.3, 0.4) is 0 Å². The lowest BCUT2D eigenvalue weighted by Crippen LogP contribution is -2.38. The zero-order valence-corrected chi connectivity index (χ0v) is 11.7. The molecule has 19 heavy (non-hydrogen) atoms. The average Bonchev–Trinajstić information content (AvgIpc) is 2.39. The number of methoxy groups -OCH3 is 1. The minimum Gasteiger partial charge on any atom is -0.495 e. The van der Waals surface area contributed by atoms with Gasteiger partial charge in [0.1, 0.15) is 5.75 Å². The van der Waals surface area contributed by atoms with Crippen LogP contribution in [0.1, 0.15) is 12.8 Å². The number of ether oxygens (including phenoxy) is 1. The maximum Gasteiger partial charge on any atom is 0.238 e. The topological polar surface area (TPSA) is 93.5 Å². The number of primary sulfonamides is 1. The second kappa shape index (κ2) is 5.77. The smallest absolute Gasteiger partial charge is 0.238 e. The van der Waals surface area contributed by atoms with E-state index in [-0.39, 0.29) is 10.9 Å². The molecule has 1 heterocycles. The fourth-order valence-electron chi connectivity index (χ4n) is 2.17. The highest BCUT2D eigenvalue weighted by Gasteiger charge is 2.17. The van der Waals surface area contributed by atoms with Crippen molar-refractivity contribution in [3.8, 4) is 5.75 Å². The van der Waals surface area contributed by atoms with Crippen molar-refractivity contribution in [2.45, 2.75) is 23.8 Å². The summed E-state index contributed by atoms with van der Waals surface area (Å²) in [5, 5.41) is 11.7. The largest absolute Gasteiger partial charge is 0.495 e. The molecule has 1 atom stereocenters. The van der Waals surface area contributed by atoms with Crippen LogP contribution in [0.4, 0.5) is 5.69 Å². The first-order valence-corrected chi connectivity index (χ1v) is 7.73. The molecule has 1 unspecified atom stereocenters. The maximum atomic E-state index is 11.4. The van der Waals surface area contributed by atoms with E-state index in [4.69, 9.17) is 9.88 Å². The third kappa shape index (κ3) is 3.59. The van der Waals surface area contributed by atoms with Gasteiger partial charge in [-0.1, -0.05) is 0 Å². The summed E-state index contributed by atoms with van der Waals surface area (Å²) in [6, 6.07) is 4.83. The second-order valence-corrected chi connectivity index (χ2v) is 6.16. The van der Waals surface area contributed by atoms with Crippen LogP contribution in [-0.2, 0) is 10.0 Å². The zero-order chi connectivity index (χ0) is 13.9. The Morgan fingerprint density at radius 2 is 2.26 bits per heavy atom. The Kier molecular flexibility index (Phi) is 4.28. The Morgan fingerprint density at radius 1 is 1.47 bits per heavy atom. The summed E-state index contributed by atoms with van der Waals surface area (Å²) in [5.74, 6) is 0.609. The zero-order valence-electron chi connectivity index (χ0n) is 10.8. The minimum absolute atomic E-state index is 0.0829. The standard InChI is InChI=1S/C12H19N3O3S/c1-18-12-5-4-10(19(13,16)17)7-11(12)15-9-3-2-6-14-8-9/h4-5,7,9,14-15H,2-3,6,8H2,1H3,(H2,13,16,17). The summed E-state index contributed by atoms with van der Waals surface area (Å²) in [6.07, 6.45) is 2.13. The van der Waals surface area contributed by atoms with Gasteiger partial charge in [0.25, 0.3) is 0 Å². The molecule has 0 aliphatic carbocycles. The number of piperidine rings is 1. The van der Waals surface area contributed by atoms with E-state index < -0.39 is 10.0 Å². The van der Waals surface area contributed by atoms with E-state index in [1.54, 1.807) is 13.2 Å². The van der Waals surface area contributed by atoms with E-state index in [2.05, 4.69) is 10.6 Å². The molecule has 0 radical (unpaired) electrons. The van der Waals surface area contributed by atoms with E-state index in [9.17, 15) is 8.42 Å². The number of hydrogen-bond acceptors (Lipinski definition) is 5. The molecule has 7 heteroatoms. The molecule has 2 rings (SSSR count). The summed E-state index contributed by atoms with van der Waals surface area (Å²) in [6.45, 7) is 1.87. The van der Waals surface area contributed by atoms with Crippen molar-refractivity contribution in [2.75, 3.05) is 25.5 Å². The van der Waals surface area contributed by atoms with E-state index in [1.165, 1.54) is 12.1 Å². The predicted octanol–water partition coefficient (Wildman–Crippen LogP) is 0.506. The Labute approximate surface area is 113 Å². The second-order valence-electron chi connectivity index (χ2n) is 4.59. The molecule has 0 saturated carbocycles. The number of hydrogen-bond donors (Lipinski definition) is 3. The van der Waals surface area contributed by atoms with Crippen molar-refractivity contribution < 1.29 is 13.2 Å². The van der Waals surface area contributed by atoms with E-state index >= 15 is 0 Å². The number of sulfonamides is 1. The highest BCUT2D eigenvalue weighted by molar-refractivity contribution is 7.89. The molecule has 0 spiro atoms. The van der Waals surface area contributed by atoms with Gasteiger partial charge in [0.15, 0.2) is 0 Å². The number of anilines is 1. The first kappa shape index (κ1) is 14.1. The molecule has 1 saturated heterocycles. The predicted molar refractivity (Wildman–Crippen MR) is 73.9 cm³/mol. The Morgan fingerprint density at radius 3 is 2.84 bits per heavy atom. The van der Waals surface area contributed by atoms with Crippen molar-refractivity contribution in [3.63, 3.8) is 0 Å². The van der Waals surface area contributed by atoms with Gasteiger partial charge >= 0.3 is 0 Å². The summed E-state index contributed by atoms with van der Waals surface area (Å²) < 4.78 is 28.0. The van der Waals surface area contributed by atoms with Gasteiger partial charge < -0.3 is 15.4 Å². The van der Waals surface area contributed by atoms with Crippen molar-refractivity contribution in [2.24, 2.45) is 5.14 Å². The molecule has 1 aromatic carbocycles. The van der Waals surface area contributed by atoms with Gasteiger partial charge in [0.2, 0.25) is 10.0 Å². The highest BCUT2D eigenvalue weighted by Crippen LogP contribution is 2.28. The van der Waals surface area contributed by atoms with Gasteiger partial charge in [-0.05, 0) is 37.6 Å². The van der Waals surface area contributed by atoms with Crippen molar-refractivity contribution in [1.29, 1.82) is 0 Å². The van der Waals surface area contributed by atoms with Crippen LogP contribution in [0.2, 0.25) is 0 Å². The lowest BCUT2D eigenvalue weighted by Gasteiger charge is -2.25. The number of rotatable bonds is 4. The lowest BCUT2D eigenvalue weighted by molar-refractivity contribution is 0.413. The third-order valence-corrected chi connectivity index (χ3v) is 4.07. The highest BCUT2D eigenvalue weighted by atomic mass is 32.2. The monoisotopic (exact) mass is 285 g/mol. The Bertz CT molecular complexity index is 539. The molecule has 1 fully saturated rings. The Balaban J connectivity index is 2.25. The average molecular weight is 285 g/mol. The summed E-state index contributed by atoms with van der Waals surface area (Å²) >= 11 is 0. The number of nitrogens with two attached hydrogens (primary N) is 1. The SMILES string of the molecule is COc1ccc(S(N)(=O)=O)cc1NC1CCCNC1. The first-order valence-electron chi connectivity index (χ1n) is 6.19. The van der Waals surface area contributed by atoms with Crippen LogP contribution in [0.5, 0.6) is 5.75 Å². The first-order chi connectivity index (χ1) is 9.00. The van der Waals surface area contributed by atoms with Crippen LogP contribution in [0, 0.1) is 0 Å². The summed E-state index contributed by atoms with van der Waals surface area (Å²) in [4.78, 5) is 0.0829. The van der Waals surface area contributed by atoms with Gasteiger partial charge in [-0.2, -0.15) is 0 Å². The van der Waals surface area contributed by atoms with Crippen molar-refractivity contribution in [1.82, 2.24) is 5.32 Å². The van der Waals surface area contributed by atoms with Crippen LogP contribution in [0.15, 0.2) is 23.1 Å². The maximum absolute atomic E-state index is 11.4. The van der Waals surface area contributed by atoms with Crippen LogP contribution in [-0.4, -0.2) is 34.7 Å². The quantitative estimate of drug-likeness (QED) is 0.749. The fourth-order valence-corrected chi connectivity index (χ4v) is 2.71. The number of benzene rings is 1. The van der Waals surface area contributed by atoms with Gasteiger partial charge in [-0.3, -0.25) is 0 Å². The van der Waals surface area contributed by atoms with Gasteiger partial charge in [-0.25, -0.2) is 13.6 Å². The third-order valence-electron chi connectivity index (χ3n) is 3.16. The summed E-state index contributed by atoms with van der Waals surface area (Å²) in [5.41, 5.74) is 0.655. The van der Waals surface area contributed by atoms with Crippen LogP contribution < -0.4 is 20.5 Å². The Hall–Kier alpha value is -1.31. The van der Waals surface area contributed by atoms with Crippen molar-refractivity contribution in [3.05, 3.63) is 18.2 Å². The molecule has 0 bridgehead atoms. The van der Waals surface area contributed by atoms with Crippen LogP contribution in [0.25, 0.3) is 0 Å². The molecular formula is C12H19N3O3S. The van der Waals surface area contributed by atoms with E-state index in [0.29, 0.717) is 11.4 Å². The summed E-state index contributed by atoms with van der Waals surface area (Å²) in [7, 11) is -2.15. The van der Waals surface area contributed by atoms with Gasteiger partial charge in [0, 0.05) is 12.6 Å². The number of nitrogens with one attached hydrogen (secondary N) is 2. The molecule has 1 aromatic rings. The van der Waals surface area contributed by atoms with Crippen LogP contribution >= 0.6 is 0 Å². The van der Waals surface area contributed by atoms with Crippen molar-refractivity contribution >= 4 is 15.7 Å². The molecule has 0 amide bonds. The lowest BCUT2D eigenvalue weighted by atomic mass is 10.1. The normalized spacial score (nSPS) is 20.0. The fraction of sp³-hybridized carbons (Fsp3) is 0.500. The van der Waals surface area contributed by atoms with E-state index in [0.717, 1.165) is 25.9 Å². The molecule has 6 nitrogen and oxygen atoms in total. The molecule has 1 aliphatic rings. The molecular weight excluding hydrogens is 266 g/mol. The van der Waals surface area contributed by atoms with Gasteiger partial charge in [-0.15, -0.1) is 0 Å². The molecule has 0 aromatic heterocycles.